The summed E-state index contributed by atoms with van der Waals surface area (Å²) in [7, 11) is -3.85. The number of nitrogens with zero attached hydrogens (tertiary/aromatic N) is 1. The highest BCUT2D eigenvalue weighted by Gasteiger charge is 2.21. The summed E-state index contributed by atoms with van der Waals surface area (Å²) < 4.78 is 28.3. The number of carbonyl (C=O) groups is 2. The van der Waals surface area contributed by atoms with E-state index in [1.54, 1.807) is 0 Å². The predicted octanol–water partition coefficient (Wildman–Crippen LogP) is 2.64. The molecule has 1 atom stereocenters. The molecule has 1 heterocycles. The Morgan fingerprint density at radius 2 is 1.83 bits per heavy atom. The van der Waals surface area contributed by atoms with Gasteiger partial charge in [-0.15, -0.1) is 11.3 Å². The van der Waals surface area contributed by atoms with Crippen molar-refractivity contribution >= 4 is 54.7 Å². The zero-order chi connectivity index (χ0) is 22.1. The summed E-state index contributed by atoms with van der Waals surface area (Å²) in [6.07, 6.45) is -1.14. The Morgan fingerprint density at radius 3 is 2.43 bits per heavy atom. The minimum absolute atomic E-state index is 0.0959. The molecule has 3 N–H and O–H groups in total. The van der Waals surface area contributed by atoms with E-state index in [0.717, 1.165) is 11.3 Å². The molecule has 1 amide bonds. The van der Waals surface area contributed by atoms with Gasteiger partial charge in [0.1, 0.15) is 4.88 Å². The first kappa shape index (κ1) is 21.4. The molecule has 0 aliphatic rings. The number of esters is 1. The number of non-ortho nitro benzene ring substituents is 1. The molecule has 1 aromatic heterocycles. The summed E-state index contributed by atoms with van der Waals surface area (Å²) in [5.74, 6) is -1.37. The van der Waals surface area contributed by atoms with E-state index < -0.39 is 32.9 Å². The second-order valence-electron chi connectivity index (χ2n) is 6.20. The molecular formula is C18H15N3O7S2. The van der Waals surface area contributed by atoms with Crippen LogP contribution in [0.3, 0.4) is 0 Å². The number of rotatable bonds is 6. The highest BCUT2D eigenvalue weighted by Crippen LogP contribution is 2.29. The maximum Gasteiger partial charge on any atom is 0.349 e. The number of thiophene rings is 1. The molecule has 2 aromatic carbocycles. The Bertz CT molecular complexity index is 1250. The van der Waals surface area contributed by atoms with Crippen molar-refractivity contribution in [2.75, 3.05) is 5.32 Å². The molecule has 0 aliphatic carbocycles. The number of nitro benzene ring substituents is 1. The van der Waals surface area contributed by atoms with Crippen molar-refractivity contribution in [3.8, 4) is 0 Å². The first-order chi connectivity index (χ1) is 14.0. The number of fused-ring (bicyclic) bond motifs is 1. The van der Waals surface area contributed by atoms with Crippen LogP contribution in [0.5, 0.6) is 0 Å². The van der Waals surface area contributed by atoms with Gasteiger partial charge >= 0.3 is 5.97 Å². The summed E-state index contributed by atoms with van der Waals surface area (Å²) >= 11 is 1.09. The summed E-state index contributed by atoms with van der Waals surface area (Å²) in [5, 5.41) is 18.9. The number of anilines is 1. The molecule has 0 spiro atoms. The fourth-order valence-corrected chi connectivity index (χ4v) is 3.93. The van der Waals surface area contributed by atoms with Crippen LogP contribution < -0.4 is 10.5 Å². The number of primary sulfonamides is 1. The van der Waals surface area contributed by atoms with Crippen LogP contribution >= 0.6 is 11.3 Å². The maximum absolute atomic E-state index is 12.3. The Labute approximate surface area is 174 Å². The third-order valence-corrected chi connectivity index (χ3v) is 6.04. The molecule has 156 valence electrons. The molecule has 10 nitrogen and oxygen atoms in total. The Kier molecular flexibility index (Phi) is 5.82. The van der Waals surface area contributed by atoms with Crippen LogP contribution in [0.2, 0.25) is 0 Å². The number of nitro groups is 1. The average molecular weight is 449 g/mol. The Hall–Kier alpha value is -3.35. The number of carbonyl (C=O) groups excluding carboxylic acids is 2. The van der Waals surface area contributed by atoms with Gasteiger partial charge in [0.2, 0.25) is 10.0 Å². The van der Waals surface area contributed by atoms with Crippen molar-refractivity contribution in [1.82, 2.24) is 0 Å². The molecule has 0 fully saturated rings. The number of benzene rings is 2. The molecule has 3 rings (SSSR count). The van der Waals surface area contributed by atoms with Crippen molar-refractivity contribution in [3.63, 3.8) is 0 Å². The molecule has 0 aliphatic heterocycles. The van der Waals surface area contributed by atoms with E-state index in [4.69, 9.17) is 9.88 Å². The predicted molar refractivity (Wildman–Crippen MR) is 110 cm³/mol. The van der Waals surface area contributed by atoms with Gasteiger partial charge in [-0.2, -0.15) is 0 Å². The van der Waals surface area contributed by atoms with E-state index in [1.165, 1.54) is 55.5 Å². The van der Waals surface area contributed by atoms with Crippen molar-refractivity contribution in [2.24, 2.45) is 5.14 Å². The van der Waals surface area contributed by atoms with Gasteiger partial charge in [0.05, 0.1) is 9.82 Å². The van der Waals surface area contributed by atoms with Gasteiger partial charge in [0.25, 0.3) is 11.6 Å². The standard InChI is InChI=1S/C18H15N3O7S2/c1-10(17(22)20-12-2-5-14(6-3-12)30(19,26)27)28-18(23)16-9-11-8-13(21(24)25)4-7-15(11)29-16/h2-10H,1H3,(H,20,22)(H2,19,26,27). The lowest BCUT2D eigenvalue weighted by atomic mass is 10.2. The zero-order valence-electron chi connectivity index (χ0n) is 15.4. The SMILES string of the molecule is CC(OC(=O)c1cc2cc([N+](=O)[O-])ccc2s1)C(=O)Nc1ccc(S(N)(=O)=O)cc1. The van der Waals surface area contributed by atoms with E-state index in [0.29, 0.717) is 15.8 Å². The lowest BCUT2D eigenvalue weighted by molar-refractivity contribution is -0.384. The van der Waals surface area contributed by atoms with Crippen LogP contribution in [0, 0.1) is 10.1 Å². The van der Waals surface area contributed by atoms with E-state index in [1.807, 2.05) is 0 Å². The maximum atomic E-state index is 12.3. The minimum atomic E-state index is -3.85. The Balaban J connectivity index is 1.66. The second kappa shape index (κ2) is 8.18. The minimum Gasteiger partial charge on any atom is -0.448 e. The molecule has 30 heavy (non-hydrogen) atoms. The summed E-state index contributed by atoms with van der Waals surface area (Å²) in [5.41, 5.74) is 0.200. The average Bonchev–Trinajstić information content (AvgIpc) is 3.11. The van der Waals surface area contributed by atoms with Gasteiger partial charge in [-0.25, -0.2) is 18.4 Å². The quantitative estimate of drug-likeness (QED) is 0.332. The first-order valence-electron chi connectivity index (χ1n) is 8.37. The summed E-state index contributed by atoms with van der Waals surface area (Å²) in [4.78, 5) is 35.0. The number of ether oxygens (including phenoxy) is 1. The van der Waals surface area contributed by atoms with Crippen LogP contribution in [0.1, 0.15) is 16.6 Å². The molecule has 0 bridgehead atoms. The van der Waals surface area contributed by atoms with Crippen LogP contribution in [0.15, 0.2) is 53.4 Å². The van der Waals surface area contributed by atoms with E-state index in [-0.39, 0.29) is 15.5 Å². The molecule has 0 saturated heterocycles. The van der Waals surface area contributed by atoms with Gasteiger partial charge in [0.15, 0.2) is 6.10 Å². The van der Waals surface area contributed by atoms with Gasteiger partial charge in [-0.05, 0) is 43.3 Å². The highest BCUT2D eigenvalue weighted by molar-refractivity contribution is 7.89. The van der Waals surface area contributed by atoms with Crippen LogP contribution in [0.4, 0.5) is 11.4 Å². The van der Waals surface area contributed by atoms with Crippen molar-refractivity contribution in [2.45, 2.75) is 17.9 Å². The molecule has 3 aromatic rings. The fraction of sp³-hybridized carbons (Fsp3) is 0.111. The summed E-state index contributed by atoms with van der Waals surface area (Å²) in [6, 6.07) is 10.9. The molecule has 0 radical (unpaired) electrons. The van der Waals surface area contributed by atoms with Crippen molar-refractivity contribution < 1.29 is 27.7 Å². The van der Waals surface area contributed by atoms with Crippen LogP contribution in [0.25, 0.3) is 10.1 Å². The first-order valence-corrected chi connectivity index (χ1v) is 10.7. The van der Waals surface area contributed by atoms with Crippen molar-refractivity contribution in [1.29, 1.82) is 0 Å². The van der Waals surface area contributed by atoms with Crippen LogP contribution in [-0.2, 0) is 19.6 Å². The number of nitrogens with one attached hydrogen (secondary N) is 1. The molecular weight excluding hydrogens is 434 g/mol. The molecule has 12 heteroatoms. The number of hydrogen-bond acceptors (Lipinski definition) is 8. The van der Waals surface area contributed by atoms with E-state index >= 15 is 0 Å². The number of nitrogens with two attached hydrogens (primary N) is 1. The number of hydrogen-bond donors (Lipinski definition) is 2. The number of sulfonamides is 1. The topological polar surface area (TPSA) is 159 Å². The highest BCUT2D eigenvalue weighted by atomic mass is 32.2. The lowest BCUT2D eigenvalue weighted by Gasteiger charge is -2.13. The third kappa shape index (κ3) is 4.79. The lowest BCUT2D eigenvalue weighted by Crippen LogP contribution is -2.29. The normalized spacial score (nSPS) is 12.3. The molecule has 1 unspecified atom stereocenters. The van der Waals surface area contributed by atoms with Crippen molar-refractivity contribution in [3.05, 3.63) is 63.5 Å². The summed E-state index contributed by atoms with van der Waals surface area (Å²) in [6.45, 7) is 1.38. The third-order valence-electron chi connectivity index (χ3n) is 4.02. The van der Waals surface area contributed by atoms with E-state index in [2.05, 4.69) is 5.32 Å². The number of amides is 1. The smallest absolute Gasteiger partial charge is 0.349 e. The largest absolute Gasteiger partial charge is 0.448 e. The van der Waals surface area contributed by atoms with Gasteiger partial charge < -0.3 is 10.1 Å². The van der Waals surface area contributed by atoms with Gasteiger partial charge in [-0.1, -0.05) is 0 Å². The second-order valence-corrected chi connectivity index (χ2v) is 8.84. The Morgan fingerprint density at radius 1 is 1.17 bits per heavy atom. The van der Waals surface area contributed by atoms with Gasteiger partial charge in [0, 0.05) is 27.9 Å². The van der Waals surface area contributed by atoms with Crippen LogP contribution in [-0.4, -0.2) is 31.3 Å². The fourth-order valence-electron chi connectivity index (χ4n) is 2.49. The molecule has 0 saturated carbocycles. The van der Waals surface area contributed by atoms with E-state index in [9.17, 15) is 28.1 Å². The monoisotopic (exact) mass is 449 g/mol. The van der Waals surface area contributed by atoms with Gasteiger partial charge in [-0.3, -0.25) is 14.9 Å². The zero-order valence-corrected chi connectivity index (χ0v) is 17.0.